The third-order valence-corrected chi connectivity index (χ3v) is 7.75. The first-order valence-electron chi connectivity index (χ1n) is 13.0. The zero-order valence-electron chi connectivity index (χ0n) is 22.7. The molecule has 0 N–H and O–H groups in total. The van der Waals surface area contributed by atoms with E-state index in [1.165, 1.54) is 20.3 Å². The molecule has 1 saturated heterocycles. The SMILES string of the molecule is COc1cc(C=C2C(=O)N(c3ccccc3)C(=S)N(c3ccccc3)C2=O)ccc1OCCSc1ccc(C)cc1. The molecule has 0 aliphatic carbocycles. The van der Waals surface area contributed by atoms with Crippen molar-refractivity contribution in [3.05, 3.63) is 120 Å². The van der Waals surface area contributed by atoms with E-state index in [2.05, 4.69) is 31.2 Å². The highest BCUT2D eigenvalue weighted by Gasteiger charge is 2.41. The summed E-state index contributed by atoms with van der Waals surface area (Å²) in [6.45, 7) is 2.55. The Labute approximate surface area is 249 Å². The molecule has 6 nitrogen and oxygen atoms in total. The molecule has 0 spiro atoms. The molecule has 2 amide bonds. The molecule has 1 fully saturated rings. The number of carbonyl (C=O) groups is 2. The fourth-order valence-corrected chi connectivity index (χ4v) is 5.45. The van der Waals surface area contributed by atoms with E-state index in [0.717, 1.165) is 5.75 Å². The molecule has 1 aliphatic rings. The molecular weight excluding hydrogens is 553 g/mol. The van der Waals surface area contributed by atoms with Gasteiger partial charge in [-0.25, -0.2) is 0 Å². The molecule has 41 heavy (non-hydrogen) atoms. The summed E-state index contributed by atoms with van der Waals surface area (Å²) in [5, 5.41) is 0.0967. The Kier molecular flexibility index (Phi) is 8.82. The molecule has 8 heteroatoms. The molecule has 4 aromatic carbocycles. The summed E-state index contributed by atoms with van der Waals surface area (Å²) in [6, 6.07) is 31.8. The van der Waals surface area contributed by atoms with E-state index in [0.29, 0.717) is 35.0 Å². The smallest absolute Gasteiger partial charge is 0.270 e. The summed E-state index contributed by atoms with van der Waals surface area (Å²) in [7, 11) is 1.56. The van der Waals surface area contributed by atoms with E-state index in [1.807, 2.05) is 36.4 Å². The number of thioether (sulfide) groups is 1. The van der Waals surface area contributed by atoms with Gasteiger partial charge in [0, 0.05) is 10.6 Å². The third-order valence-electron chi connectivity index (χ3n) is 6.41. The summed E-state index contributed by atoms with van der Waals surface area (Å²) >= 11 is 7.39. The van der Waals surface area contributed by atoms with E-state index in [-0.39, 0.29) is 10.7 Å². The van der Waals surface area contributed by atoms with Crippen LogP contribution in [0, 0.1) is 6.92 Å². The van der Waals surface area contributed by atoms with Gasteiger partial charge in [-0.3, -0.25) is 19.4 Å². The van der Waals surface area contributed by atoms with E-state index in [4.69, 9.17) is 21.7 Å². The molecular formula is C33H28N2O4S2. The first-order chi connectivity index (χ1) is 20.0. The van der Waals surface area contributed by atoms with Crippen LogP contribution in [0.25, 0.3) is 6.08 Å². The monoisotopic (exact) mass is 580 g/mol. The number of anilines is 2. The van der Waals surface area contributed by atoms with Crippen LogP contribution >= 0.6 is 24.0 Å². The van der Waals surface area contributed by atoms with Gasteiger partial charge in [-0.15, -0.1) is 11.8 Å². The molecule has 0 bridgehead atoms. The van der Waals surface area contributed by atoms with Crippen LogP contribution in [0.4, 0.5) is 11.4 Å². The van der Waals surface area contributed by atoms with Crippen molar-refractivity contribution >= 4 is 58.4 Å². The molecule has 1 heterocycles. The zero-order chi connectivity index (χ0) is 28.8. The first kappa shape index (κ1) is 28.1. The van der Waals surface area contributed by atoms with Crippen LogP contribution in [0.15, 0.2) is 114 Å². The average Bonchev–Trinajstić information content (AvgIpc) is 3.00. The molecule has 0 radical (unpaired) electrons. The number of rotatable bonds is 9. The van der Waals surface area contributed by atoms with Crippen LogP contribution in [0.2, 0.25) is 0 Å². The quantitative estimate of drug-likeness (QED) is 0.0704. The molecule has 5 rings (SSSR count). The number of carbonyl (C=O) groups excluding carboxylic acids is 2. The standard InChI is InChI=1S/C33H28N2O4S2/c1-23-13-16-27(17-14-23)41-20-19-39-29-18-15-24(22-30(29)38-2)21-28-31(36)34(25-9-5-3-6-10-25)33(40)35(32(28)37)26-11-7-4-8-12-26/h3-18,21-22H,19-20H2,1-2H3. The van der Waals surface area contributed by atoms with Gasteiger partial charge in [0.25, 0.3) is 11.8 Å². The lowest BCUT2D eigenvalue weighted by Crippen LogP contribution is -2.56. The van der Waals surface area contributed by atoms with Gasteiger partial charge >= 0.3 is 0 Å². The van der Waals surface area contributed by atoms with Crippen LogP contribution in [-0.4, -0.2) is 36.4 Å². The van der Waals surface area contributed by atoms with Crippen molar-refractivity contribution in [2.45, 2.75) is 11.8 Å². The maximum Gasteiger partial charge on any atom is 0.270 e. The summed E-state index contributed by atoms with van der Waals surface area (Å²) < 4.78 is 11.6. The van der Waals surface area contributed by atoms with E-state index in [9.17, 15) is 9.59 Å². The Morgan fingerprint density at radius 1 is 0.780 bits per heavy atom. The number of para-hydroxylation sites is 2. The van der Waals surface area contributed by atoms with Gasteiger partial charge in [0.15, 0.2) is 16.6 Å². The Hall–Kier alpha value is -4.40. The topological polar surface area (TPSA) is 59.1 Å². The molecule has 0 unspecified atom stereocenters. The number of benzene rings is 4. The number of ether oxygens (including phenoxy) is 2. The molecule has 4 aromatic rings. The minimum absolute atomic E-state index is 0.0171. The number of hydrogen-bond acceptors (Lipinski definition) is 6. The second-order valence-electron chi connectivity index (χ2n) is 9.21. The fraction of sp³-hybridized carbons (Fsp3) is 0.121. The first-order valence-corrected chi connectivity index (χ1v) is 14.4. The van der Waals surface area contributed by atoms with Crippen molar-refractivity contribution in [3.8, 4) is 11.5 Å². The normalized spacial score (nSPS) is 13.4. The van der Waals surface area contributed by atoms with Crippen molar-refractivity contribution in [1.82, 2.24) is 0 Å². The fourth-order valence-electron chi connectivity index (χ4n) is 4.34. The van der Waals surface area contributed by atoms with Crippen LogP contribution in [0.3, 0.4) is 0 Å². The molecule has 0 aromatic heterocycles. The van der Waals surface area contributed by atoms with Crippen LogP contribution < -0.4 is 19.3 Å². The van der Waals surface area contributed by atoms with Crippen LogP contribution in [-0.2, 0) is 9.59 Å². The van der Waals surface area contributed by atoms with Crippen molar-refractivity contribution in [2.75, 3.05) is 29.3 Å². The highest BCUT2D eigenvalue weighted by Crippen LogP contribution is 2.32. The third kappa shape index (κ3) is 6.34. The Balaban J connectivity index is 1.40. The van der Waals surface area contributed by atoms with Crippen LogP contribution in [0.5, 0.6) is 11.5 Å². The molecule has 0 atom stereocenters. The Bertz CT molecular complexity index is 1530. The number of hydrogen-bond donors (Lipinski definition) is 0. The van der Waals surface area contributed by atoms with Gasteiger partial charge in [0.2, 0.25) is 0 Å². The summed E-state index contributed by atoms with van der Waals surface area (Å²) in [4.78, 5) is 31.4. The summed E-state index contributed by atoms with van der Waals surface area (Å²) in [5.74, 6) is 0.867. The van der Waals surface area contributed by atoms with Gasteiger partial charge in [-0.2, -0.15) is 0 Å². The van der Waals surface area contributed by atoms with Gasteiger partial charge in [-0.1, -0.05) is 60.2 Å². The minimum atomic E-state index is -0.495. The second-order valence-corrected chi connectivity index (χ2v) is 10.7. The number of thiocarbonyl (C=S) groups is 1. The van der Waals surface area contributed by atoms with Gasteiger partial charge in [0.1, 0.15) is 5.57 Å². The van der Waals surface area contributed by atoms with Crippen molar-refractivity contribution in [2.24, 2.45) is 0 Å². The predicted octanol–water partition coefficient (Wildman–Crippen LogP) is 6.92. The number of nitrogens with zero attached hydrogens (tertiary/aromatic N) is 2. The lowest BCUT2D eigenvalue weighted by Gasteiger charge is -2.36. The van der Waals surface area contributed by atoms with E-state index >= 15 is 0 Å². The van der Waals surface area contributed by atoms with E-state index < -0.39 is 11.8 Å². The van der Waals surface area contributed by atoms with Crippen molar-refractivity contribution in [3.63, 3.8) is 0 Å². The Morgan fingerprint density at radius 2 is 1.37 bits per heavy atom. The predicted molar refractivity (Wildman–Crippen MR) is 169 cm³/mol. The molecule has 206 valence electrons. The summed E-state index contributed by atoms with van der Waals surface area (Å²) in [6.07, 6.45) is 1.57. The highest BCUT2D eigenvalue weighted by molar-refractivity contribution is 7.99. The molecule has 0 saturated carbocycles. The van der Waals surface area contributed by atoms with Crippen LogP contribution in [0.1, 0.15) is 11.1 Å². The van der Waals surface area contributed by atoms with E-state index in [1.54, 1.807) is 67.4 Å². The van der Waals surface area contributed by atoms with Gasteiger partial charge < -0.3 is 9.47 Å². The highest BCUT2D eigenvalue weighted by atomic mass is 32.2. The second kappa shape index (κ2) is 12.8. The number of aryl methyl sites for hydroxylation is 1. The largest absolute Gasteiger partial charge is 0.493 e. The maximum atomic E-state index is 13.7. The number of methoxy groups -OCH3 is 1. The van der Waals surface area contributed by atoms with Crippen molar-refractivity contribution < 1.29 is 19.1 Å². The average molecular weight is 581 g/mol. The summed E-state index contributed by atoms with van der Waals surface area (Å²) in [5.41, 5.74) is 2.98. The van der Waals surface area contributed by atoms with Gasteiger partial charge in [-0.05, 0) is 79.3 Å². The molecule has 1 aliphatic heterocycles. The van der Waals surface area contributed by atoms with Crippen molar-refractivity contribution in [1.29, 1.82) is 0 Å². The lowest BCUT2D eigenvalue weighted by molar-refractivity contribution is -0.120. The van der Waals surface area contributed by atoms with Gasteiger partial charge in [0.05, 0.1) is 25.1 Å². The Morgan fingerprint density at radius 3 is 1.93 bits per heavy atom. The minimum Gasteiger partial charge on any atom is -0.493 e. The lowest BCUT2D eigenvalue weighted by atomic mass is 10.0. The maximum absolute atomic E-state index is 13.7. The zero-order valence-corrected chi connectivity index (χ0v) is 24.3. The number of amides is 2.